The number of anilines is 2. The van der Waals surface area contributed by atoms with E-state index in [1.54, 1.807) is 35.4 Å². The molecular formula is C26H23F2N7O3. The maximum Gasteiger partial charge on any atom is 0.268 e. The monoisotopic (exact) mass is 519 g/mol. The first-order valence-electron chi connectivity index (χ1n) is 12.1. The highest BCUT2D eigenvalue weighted by Gasteiger charge is 2.34. The van der Waals surface area contributed by atoms with Crippen molar-refractivity contribution in [2.24, 2.45) is 0 Å². The molecule has 2 aliphatic rings. The van der Waals surface area contributed by atoms with Gasteiger partial charge in [0.15, 0.2) is 17.7 Å². The van der Waals surface area contributed by atoms with Crippen molar-refractivity contribution in [3.63, 3.8) is 0 Å². The zero-order chi connectivity index (χ0) is 26.6. The first kappa shape index (κ1) is 23.8. The quantitative estimate of drug-likeness (QED) is 0.442. The summed E-state index contributed by atoms with van der Waals surface area (Å²) in [5, 5.41) is 2.75. The highest BCUT2D eigenvalue weighted by atomic mass is 19.1. The number of carbonyl (C=O) groups excluding carboxylic acids is 2. The fraction of sp³-hybridized carbons (Fsp3) is 0.269. The summed E-state index contributed by atoms with van der Waals surface area (Å²) in [7, 11) is 0. The molecule has 1 atom stereocenters. The summed E-state index contributed by atoms with van der Waals surface area (Å²) < 4.78 is 36.8. The third-order valence-corrected chi connectivity index (χ3v) is 6.73. The zero-order valence-corrected chi connectivity index (χ0v) is 20.6. The van der Waals surface area contributed by atoms with Gasteiger partial charge in [-0.15, -0.1) is 0 Å². The molecule has 1 N–H and O–H groups in total. The topological polar surface area (TPSA) is 105 Å². The van der Waals surface area contributed by atoms with Crippen LogP contribution in [0.5, 0.6) is 5.75 Å². The summed E-state index contributed by atoms with van der Waals surface area (Å²) in [6.45, 7) is 4.65. The van der Waals surface area contributed by atoms with Crippen LogP contribution in [0.15, 0.2) is 42.9 Å². The van der Waals surface area contributed by atoms with Crippen LogP contribution in [-0.4, -0.2) is 56.9 Å². The number of carbonyl (C=O) groups is 2. The Hall–Kier alpha value is -4.61. The maximum atomic E-state index is 15.2. The van der Waals surface area contributed by atoms with Gasteiger partial charge in [-0.2, -0.15) is 0 Å². The van der Waals surface area contributed by atoms with Gasteiger partial charge >= 0.3 is 0 Å². The van der Waals surface area contributed by atoms with Gasteiger partial charge in [0.2, 0.25) is 11.9 Å². The van der Waals surface area contributed by atoms with E-state index in [9.17, 15) is 14.0 Å². The lowest BCUT2D eigenvalue weighted by Crippen LogP contribution is -2.48. The van der Waals surface area contributed by atoms with Crippen LogP contribution < -0.4 is 19.9 Å². The fourth-order valence-electron chi connectivity index (χ4n) is 4.77. The van der Waals surface area contributed by atoms with Crippen molar-refractivity contribution in [1.82, 2.24) is 24.7 Å². The number of rotatable bonds is 4. The van der Waals surface area contributed by atoms with E-state index >= 15 is 4.39 Å². The second-order valence-corrected chi connectivity index (χ2v) is 9.22. The number of fused-ring (bicyclic) bond motifs is 2. The molecule has 3 aromatic heterocycles. The summed E-state index contributed by atoms with van der Waals surface area (Å²) in [6, 6.07) is 5.73. The van der Waals surface area contributed by atoms with Gasteiger partial charge in [-0.25, -0.2) is 23.7 Å². The summed E-state index contributed by atoms with van der Waals surface area (Å²) in [6.07, 6.45) is 3.74. The van der Waals surface area contributed by atoms with Gasteiger partial charge in [0.1, 0.15) is 11.5 Å². The van der Waals surface area contributed by atoms with E-state index in [0.29, 0.717) is 47.3 Å². The molecule has 2 aliphatic heterocycles. The molecule has 1 fully saturated rings. The van der Waals surface area contributed by atoms with Gasteiger partial charge < -0.3 is 19.4 Å². The zero-order valence-electron chi connectivity index (χ0n) is 20.6. The standard InChI is InChI=1S/C26H23F2N7O3/c1-14-21(12-35-20-5-3-4-18(27)24(20)38-15(2)25(35)37)34-11-17(19(28)8-22(34)32-14)16-9-30-26(31-10-16)33-7-6-29-23(36)13-33/h3-5,8-11,15H,6-7,12-13H2,1-2H3,(H,29,36)/t15-/m0/s1. The van der Waals surface area contributed by atoms with Crippen molar-refractivity contribution >= 4 is 29.1 Å². The number of benzene rings is 1. The molecule has 4 aromatic rings. The van der Waals surface area contributed by atoms with E-state index in [1.165, 1.54) is 35.5 Å². The van der Waals surface area contributed by atoms with Gasteiger partial charge in [0.25, 0.3) is 5.91 Å². The average Bonchev–Trinajstić information content (AvgIpc) is 3.20. The summed E-state index contributed by atoms with van der Waals surface area (Å²) >= 11 is 0. The van der Waals surface area contributed by atoms with Gasteiger partial charge in [0.05, 0.1) is 30.2 Å². The maximum absolute atomic E-state index is 15.2. The number of imidazole rings is 1. The highest BCUT2D eigenvalue weighted by molar-refractivity contribution is 5.99. The summed E-state index contributed by atoms with van der Waals surface area (Å²) in [5.74, 6) is -1.10. The normalized spacial score (nSPS) is 17.4. The highest BCUT2D eigenvalue weighted by Crippen LogP contribution is 2.37. The first-order chi connectivity index (χ1) is 18.3. The van der Waals surface area contributed by atoms with Crippen LogP contribution in [0.1, 0.15) is 18.3 Å². The van der Waals surface area contributed by atoms with Crippen molar-refractivity contribution < 1.29 is 23.1 Å². The van der Waals surface area contributed by atoms with Crippen LogP contribution >= 0.6 is 0 Å². The predicted octanol–water partition coefficient (Wildman–Crippen LogP) is 2.63. The molecule has 0 bridgehead atoms. The van der Waals surface area contributed by atoms with Crippen molar-refractivity contribution in [3.05, 3.63) is 65.9 Å². The Kier molecular flexibility index (Phi) is 5.66. The Bertz CT molecular complexity index is 1590. The number of amides is 2. The number of nitrogens with one attached hydrogen (secondary N) is 1. The Balaban J connectivity index is 1.37. The number of aryl methyl sites for hydroxylation is 1. The Labute approximate surface area is 215 Å². The smallest absolute Gasteiger partial charge is 0.268 e. The molecule has 0 saturated carbocycles. The second kappa shape index (κ2) is 9.05. The van der Waals surface area contributed by atoms with Gasteiger partial charge in [-0.05, 0) is 26.0 Å². The van der Waals surface area contributed by atoms with Gasteiger partial charge in [-0.3, -0.25) is 14.5 Å². The molecule has 0 spiro atoms. The van der Waals surface area contributed by atoms with Crippen LogP contribution in [-0.2, 0) is 16.1 Å². The molecule has 0 aliphatic carbocycles. The molecule has 0 unspecified atom stereocenters. The number of ether oxygens (including phenoxy) is 1. The molecule has 10 nitrogen and oxygen atoms in total. The Morgan fingerprint density at radius 1 is 1.16 bits per heavy atom. The number of pyridine rings is 1. The number of piperazine rings is 1. The van der Waals surface area contributed by atoms with E-state index in [-0.39, 0.29) is 36.2 Å². The lowest BCUT2D eigenvalue weighted by atomic mass is 10.1. The molecule has 12 heteroatoms. The van der Waals surface area contributed by atoms with Crippen molar-refractivity contribution in [2.75, 3.05) is 29.4 Å². The van der Waals surface area contributed by atoms with E-state index in [1.807, 2.05) is 0 Å². The van der Waals surface area contributed by atoms with Crippen LogP contribution in [0, 0.1) is 18.6 Å². The lowest BCUT2D eigenvalue weighted by Gasteiger charge is -2.33. The molecular weight excluding hydrogens is 496 g/mol. The van der Waals surface area contributed by atoms with Gasteiger partial charge in [0, 0.05) is 48.9 Å². The minimum absolute atomic E-state index is 0.0150. The molecule has 5 heterocycles. The van der Waals surface area contributed by atoms with E-state index in [4.69, 9.17) is 4.74 Å². The van der Waals surface area contributed by atoms with Crippen LogP contribution in [0.25, 0.3) is 16.8 Å². The molecule has 0 radical (unpaired) electrons. The minimum Gasteiger partial charge on any atom is -0.476 e. The number of nitrogens with zero attached hydrogens (tertiary/aromatic N) is 6. The largest absolute Gasteiger partial charge is 0.476 e. The van der Waals surface area contributed by atoms with Crippen LogP contribution in [0.3, 0.4) is 0 Å². The third kappa shape index (κ3) is 3.98. The SMILES string of the molecule is Cc1nc2cc(F)c(-c3cnc(N4CCNC(=O)C4)nc3)cn2c1CN1C(=O)[C@H](C)Oc2c(F)cccc21. The average molecular weight is 520 g/mol. The van der Waals surface area contributed by atoms with Crippen LogP contribution in [0.2, 0.25) is 0 Å². The second-order valence-electron chi connectivity index (χ2n) is 9.22. The molecule has 1 aromatic carbocycles. The third-order valence-electron chi connectivity index (χ3n) is 6.73. The predicted molar refractivity (Wildman–Crippen MR) is 134 cm³/mol. The molecule has 38 heavy (non-hydrogen) atoms. The van der Waals surface area contributed by atoms with Crippen molar-refractivity contribution in [3.8, 4) is 16.9 Å². The van der Waals surface area contributed by atoms with E-state index < -0.39 is 17.7 Å². The van der Waals surface area contributed by atoms with E-state index in [2.05, 4.69) is 20.3 Å². The van der Waals surface area contributed by atoms with Gasteiger partial charge in [-0.1, -0.05) is 6.07 Å². The number of para-hydroxylation sites is 1. The number of aromatic nitrogens is 4. The molecule has 2 amide bonds. The Morgan fingerprint density at radius 3 is 2.71 bits per heavy atom. The molecule has 1 saturated heterocycles. The van der Waals surface area contributed by atoms with Crippen LogP contribution in [0.4, 0.5) is 20.4 Å². The number of hydrogen-bond donors (Lipinski definition) is 1. The molecule has 194 valence electrons. The summed E-state index contributed by atoms with van der Waals surface area (Å²) in [4.78, 5) is 41.1. The molecule has 6 rings (SSSR count). The summed E-state index contributed by atoms with van der Waals surface area (Å²) in [5.41, 5.74) is 2.60. The number of halogens is 2. The lowest BCUT2D eigenvalue weighted by molar-refractivity contribution is -0.125. The minimum atomic E-state index is -0.867. The van der Waals surface area contributed by atoms with E-state index in [0.717, 1.165) is 0 Å². The first-order valence-corrected chi connectivity index (χ1v) is 12.1. The van der Waals surface area contributed by atoms with Crippen molar-refractivity contribution in [2.45, 2.75) is 26.5 Å². The van der Waals surface area contributed by atoms with Crippen molar-refractivity contribution in [1.29, 1.82) is 0 Å². The Morgan fingerprint density at radius 2 is 1.95 bits per heavy atom. The number of hydrogen-bond acceptors (Lipinski definition) is 7. The fourth-order valence-corrected chi connectivity index (χ4v) is 4.77.